The maximum absolute atomic E-state index is 8.86. The summed E-state index contributed by atoms with van der Waals surface area (Å²) in [5.41, 5.74) is 21.1. The molecular formula is C15H20N4O2. The van der Waals surface area contributed by atoms with E-state index in [0.29, 0.717) is 35.0 Å². The second-order valence-corrected chi connectivity index (χ2v) is 4.60. The zero-order valence-corrected chi connectivity index (χ0v) is 11.7. The zero-order valence-electron chi connectivity index (χ0n) is 11.7. The Morgan fingerprint density at radius 1 is 1.05 bits per heavy atom. The van der Waals surface area contributed by atoms with E-state index in [1.807, 2.05) is 6.07 Å². The molecule has 0 aliphatic carbocycles. The molecule has 0 saturated carbocycles. The number of para-hydroxylation sites is 1. The maximum atomic E-state index is 8.86. The Labute approximate surface area is 123 Å². The smallest absolute Gasteiger partial charge is 0.144 e. The summed E-state index contributed by atoms with van der Waals surface area (Å²) in [4.78, 5) is 0. The highest BCUT2D eigenvalue weighted by Crippen LogP contribution is 2.31. The third kappa shape index (κ3) is 3.70. The molecule has 0 aromatic heterocycles. The van der Waals surface area contributed by atoms with E-state index in [9.17, 15) is 0 Å². The van der Waals surface area contributed by atoms with Crippen molar-refractivity contribution in [3.8, 4) is 5.75 Å². The van der Waals surface area contributed by atoms with Crippen LogP contribution in [0.2, 0.25) is 0 Å². The van der Waals surface area contributed by atoms with Crippen molar-refractivity contribution in [3.63, 3.8) is 0 Å². The molecule has 6 nitrogen and oxygen atoms in total. The van der Waals surface area contributed by atoms with Crippen molar-refractivity contribution in [1.82, 2.24) is 0 Å². The summed E-state index contributed by atoms with van der Waals surface area (Å²) in [5, 5.41) is 12.1. The fraction of sp³-hybridized carbons (Fsp3) is 0.200. The molecule has 6 heteroatoms. The van der Waals surface area contributed by atoms with Gasteiger partial charge in [-0.3, -0.25) is 0 Å². The van der Waals surface area contributed by atoms with Crippen LogP contribution in [0.5, 0.6) is 5.75 Å². The Hall–Kier alpha value is -2.60. The lowest BCUT2D eigenvalue weighted by Gasteiger charge is -2.16. The Bertz CT molecular complexity index is 617. The molecule has 0 radical (unpaired) electrons. The molecule has 0 aliphatic rings. The average molecular weight is 288 g/mol. The molecule has 112 valence electrons. The standard InChI is InChI=1S/C15H20N4O2/c16-11-4-5-12(17)10(8-11)9-19-15-13(18)2-1-3-14(15)21-7-6-20/h1-5,8,19-20H,6-7,9,16-18H2. The van der Waals surface area contributed by atoms with Crippen LogP contribution in [0.3, 0.4) is 0 Å². The van der Waals surface area contributed by atoms with Gasteiger partial charge in [0.1, 0.15) is 18.0 Å². The Balaban J connectivity index is 2.17. The van der Waals surface area contributed by atoms with Gasteiger partial charge < -0.3 is 32.4 Å². The minimum atomic E-state index is -0.0591. The Morgan fingerprint density at radius 3 is 2.62 bits per heavy atom. The van der Waals surface area contributed by atoms with Gasteiger partial charge in [-0.05, 0) is 35.9 Å². The molecule has 2 aromatic rings. The van der Waals surface area contributed by atoms with E-state index >= 15 is 0 Å². The van der Waals surface area contributed by atoms with E-state index in [1.54, 1.807) is 30.3 Å². The SMILES string of the molecule is Nc1ccc(N)c(CNc2c(N)cccc2OCCO)c1. The number of hydrogen-bond acceptors (Lipinski definition) is 6. The zero-order chi connectivity index (χ0) is 15.2. The van der Waals surface area contributed by atoms with Crippen molar-refractivity contribution in [1.29, 1.82) is 0 Å². The number of anilines is 4. The molecule has 0 saturated heterocycles. The first-order valence-corrected chi connectivity index (χ1v) is 6.61. The lowest BCUT2D eigenvalue weighted by Crippen LogP contribution is -2.09. The van der Waals surface area contributed by atoms with Crippen LogP contribution >= 0.6 is 0 Å². The minimum Gasteiger partial charge on any atom is -0.489 e. The van der Waals surface area contributed by atoms with Gasteiger partial charge in [-0.25, -0.2) is 0 Å². The quantitative estimate of drug-likeness (QED) is 0.513. The van der Waals surface area contributed by atoms with E-state index in [4.69, 9.17) is 27.0 Å². The highest BCUT2D eigenvalue weighted by atomic mass is 16.5. The molecule has 0 spiro atoms. The number of nitrogens with one attached hydrogen (secondary N) is 1. The predicted molar refractivity (Wildman–Crippen MR) is 86.0 cm³/mol. The minimum absolute atomic E-state index is 0.0591. The first kappa shape index (κ1) is 14.8. The number of aliphatic hydroxyl groups is 1. The lowest BCUT2D eigenvalue weighted by atomic mass is 10.1. The summed E-state index contributed by atoms with van der Waals surface area (Å²) < 4.78 is 5.46. The molecule has 2 aromatic carbocycles. The monoisotopic (exact) mass is 288 g/mol. The van der Waals surface area contributed by atoms with E-state index in [-0.39, 0.29) is 13.2 Å². The van der Waals surface area contributed by atoms with Crippen LogP contribution in [0, 0.1) is 0 Å². The van der Waals surface area contributed by atoms with Gasteiger partial charge in [0, 0.05) is 17.9 Å². The molecule has 0 heterocycles. The van der Waals surface area contributed by atoms with Crippen LogP contribution in [0.4, 0.5) is 22.7 Å². The van der Waals surface area contributed by atoms with Gasteiger partial charge in [0.05, 0.1) is 12.3 Å². The summed E-state index contributed by atoms with van der Waals surface area (Å²) in [7, 11) is 0. The third-order valence-electron chi connectivity index (χ3n) is 3.03. The largest absolute Gasteiger partial charge is 0.489 e. The van der Waals surface area contributed by atoms with Gasteiger partial charge in [0.25, 0.3) is 0 Å². The van der Waals surface area contributed by atoms with Gasteiger partial charge >= 0.3 is 0 Å². The van der Waals surface area contributed by atoms with Gasteiger partial charge in [-0.15, -0.1) is 0 Å². The van der Waals surface area contributed by atoms with Crippen molar-refractivity contribution in [3.05, 3.63) is 42.0 Å². The molecule has 0 unspecified atom stereocenters. The van der Waals surface area contributed by atoms with Crippen LogP contribution in [0.25, 0.3) is 0 Å². The first-order valence-electron chi connectivity index (χ1n) is 6.61. The van der Waals surface area contributed by atoms with Crippen molar-refractivity contribution in [2.45, 2.75) is 6.54 Å². The molecule has 0 aliphatic heterocycles. The topological polar surface area (TPSA) is 120 Å². The van der Waals surface area contributed by atoms with Gasteiger partial charge in [-0.1, -0.05) is 6.07 Å². The number of aliphatic hydroxyl groups excluding tert-OH is 1. The highest BCUT2D eigenvalue weighted by Gasteiger charge is 2.08. The molecule has 0 amide bonds. The van der Waals surface area contributed by atoms with E-state index < -0.39 is 0 Å². The number of nitrogens with two attached hydrogens (primary N) is 3. The molecular weight excluding hydrogens is 268 g/mol. The average Bonchev–Trinajstić information content (AvgIpc) is 2.47. The Kier molecular flexibility index (Phi) is 4.73. The predicted octanol–water partition coefficient (Wildman–Crippen LogP) is 1.42. The first-order chi connectivity index (χ1) is 10.1. The molecule has 0 fully saturated rings. The normalized spacial score (nSPS) is 10.3. The van der Waals surface area contributed by atoms with Crippen molar-refractivity contribution in [2.75, 3.05) is 35.7 Å². The second-order valence-electron chi connectivity index (χ2n) is 4.60. The highest BCUT2D eigenvalue weighted by molar-refractivity contribution is 5.74. The van der Waals surface area contributed by atoms with Crippen LogP contribution < -0.4 is 27.3 Å². The number of hydrogen-bond donors (Lipinski definition) is 5. The summed E-state index contributed by atoms with van der Waals surface area (Å²) in [6.07, 6.45) is 0. The maximum Gasteiger partial charge on any atom is 0.144 e. The van der Waals surface area contributed by atoms with E-state index in [1.165, 1.54) is 0 Å². The molecule has 21 heavy (non-hydrogen) atoms. The molecule has 8 N–H and O–H groups in total. The van der Waals surface area contributed by atoms with E-state index in [0.717, 1.165) is 5.56 Å². The van der Waals surface area contributed by atoms with Crippen LogP contribution in [-0.4, -0.2) is 18.3 Å². The number of nitrogen functional groups attached to an aromatic ring is 3. The van der Waals surface area contributed by atoms with Gasteiger partial charge in [0.15, 0.2) is 0 Å². The van der Waals surface area contributed by atoms with Gasteiger partial charge in [0.2, 0.25) is 0 Å². The third-order valence-corrected chi connectivity index (χ3v) is 3.03. The van der Waals surface area contributed by atoms with E-state index in [2.05, 4.69) is 5.32 Å². The van der Waals surface area contributed by atoms with Crippen LogP contribution in [0.1, 0.15) is 5.56 Å². The van der Waals surface area contributed by atoms with Gasteiger partial charge in [-0.2, -0.15) is 0 Å². The second kappa shape index (κ2) is 6.71. The van der Waals surface area contributed by atoms with Crippen molar-refractivity contribution in [2.24, 2.45) is 0 Å². The number of rotatable bonds is 6. The molecule has 0 atom stereocenters. The fourth-order valence-corrected chi connectivity index (χ4v) is 1.98. The van der Waals surface area contributed by atoms with Crippen LogP contribution in [0.15, 0.2) is 36.4 Å². The summed E-state index contributed by atoms with van der Waals surface area (Å²) in [5.74, 6) is 0.589. The number of benzene rings is 2. The molecule has 2 rings (SSSR count). The summed E-state index contributed by atoms with van der Waals surface area (Å²) in [6, 6.07) is 10.7. The number of ether oxygens (including phenoxy) is 1. The fourth-order valence-electron chi connectivity index (χ4n) is 1.98. The Morgan fingerprint density at radius 2 is 1.86 bits per heavy atom. The van der Waals surface area contributed by atoms with Crippen molar-refractivity contribution >= 4 is 22.7 Å². The summed E-state index contributed by atoms with van der Waals surface area (Å²) >= 11 is 0. The van der Waals surface area contributed by atoms with Crippen molar-refractivity contribution < 1.29 is 9.84 Å². The lowest BCUT2D eigenvalue weighted by molar-refractivity contribution is 0.202. The summed E-state index contributed by atoms with van der Waals surface area (Å²) in [6.45, 7) is 0.621. The van der Waals surface area contributed by atoms with Crippen LogP contribution in [-0.2, 0) is 6.54 Å². The molecule has 0 bridgehead atoms.